The summed E-state index contributed by atoms with van der Waals surface area (Å²) in [4.78, 5) is 11.5. The van der Waals surface area contributed by atoms with Crippen LogP contribution in [-0.2, 0) is 28.5 Å². The van der Waals surface area contributed by atoms with Gasteiger partial charge in [0.15, 0.2) is 12.4 Å². The maximum absolute atomic E-state index is 11.5. The zero-order valence-corrected chi connectivity index (χ0v) is 10.3. The van der Waals surface area contributed by atoms with Crippen LogP contribution in [-0.4, -0.2) is 70.2 Å². The predicted octanol–water partition coefficient (Wildman–Crippen LogP) is -1.08. The largest absolute Gasteiger partial charge is 0.467 e. The molecule has 1 N–H and O–H groups in total. The van der Waals surface area contributed by atoms with Gasteiger partial charge in [-0.15, -0.1) is 0 Å². The molecule has 1 heterocycles. The number of carbonyl (C=O) groups is 1. The number of ether oxygens (including phenoxy) is 5. The van der Waals surface area contributed by atoms with E-state index >= 15 is 0 Å². The third-order valence-corrected chi connectivity index (χ3v) is 2.73. The molecule has 1 aliphatic heterocycles. The molecule has 17 heavy (non-hydrogen) atoms. The van der Waals surface area contributed by atoms with Crippen molar-refractivity contribution in [3.05, 3.63) is 0 Å². The predicted molar refractivity (Wildman–Crippen MR) is 55.3 cm³/mol. The first-order valence-electron chi connectivity index (χ1n) is 5.10. The Hall–Kier alpha value is -0.730. The Morgan fingerprint density at radius 2 is 1.65 bits per heavy atom. The van der Waals surface area contributed by atoms with E-state index in [0.29, 0.717) is 0 Å². The fourth-order valence-electron chi connectivity index (χ4n) is 1.84. The van der Waals surface area contributed by atoms with Crippen LogP contribution in [0.15, 0.2) is 0 Å². The lowest BCUT2D eigenvalue weighted by Crippen LogP contribution is -2.61. The van der Waals surface area contributed by atoms with E-state index in [1.807, 2.05) is 0 Å². The first kappa shape index (κ1) is 14.3. The van der Waals surface area contributed by atoms with Gasteiger partial charge in [0.2, 0.25) is 0 Å². The number of hydrogen-bond donors (Lipinski definition) is 1. The van der Waals surface area contributed by atoms with Crippen molar-refractivity contribution in [1.29, 1.82) is 0 Å². The van der Waals surface area contributed by atoms with E-state index in [9.17, 15) is 9.90 Å². The summed E-state index contributed by atoms with van der Waals surface area (Å²) in [6.45, 7) is 0. The molecular formula is C10H18O7. The van der Waals surface area contributed by atoms with Crippen LogP contribution in [0.4, 0.5) is 0 Å². The summed E-state index contributed by atoms with van der Waals surface area (Å²) in [6, 6.07) is 0. The number of esters is 1. The van der Waals surface area contributed by atoms with Crippen LogP contribution < -0.4 is 0 Å². The zero-order chi connectivity index (χ0) is 13.0. The summed E-state index contributed by atoms with van der Waals surface area (Å²) in [5, 5.41) is 10.0. The summed E-state index contributed by atoms with van der Waals surface area (Å²) in [5.74, 6) is -0.632. The number of hydrogen-bond acceptors (Lipinski definition) is 7. The fourth-order valence-corrected chi connectivity index (χ4v) is 1.84. The lowest BCUT2D eigenvalue weighted by atomic mass is 9.98. The van der Waals surface area contributed by atoms with Crippen molar-refractivity contribution >= 4 is 5.97 Å². The van der Waals surface area contributed by atoms with Crippen LogP contribution in [0.5, 0.6) is 0 Å². The molecule has 5 atom stereocenters. The third-order valence-electron chi connectivity index (χ3n) is 2.73. The highest BCUT2D eigenvalue weighted by Crippen LogP contribution is 2.26. The van der Waals surface area contributed by atoms with Gasteiger partial charge in [0.25, 0.3) is 0 Å². The van der Waals surface area contributed by atoms with Gasteiger partial charge in [-0.2, -0.15) is 0 Å². The number of rotatable bonds is 4. The molecule has 1 rings (SSSR count). The first-order valence-corrected chi connectivity index (χ1v) is 5.10. The van der Waals surface area contributed by atoms with E-state index < -0.39 is 36.7 Å². The Balaban J connectivity index is 2.90. The van der Waals surface area contributed by atoms with Crippen molar-refractivity contribution in [3.63, 3.8) is 0 Å². The summed E-state index contributed by atoms with van der Waals surface area (Å²) in [7, 11) is 5.40. The van der Waals surface area contributed by atoms with Gasteiger partial charge >= 0.3 is 5.97 Å². The molecule has 0 aromatic heterocycles. The summed E-state index contributed by atoms with van der Waals surface area (Å²) in [6.07, 6.45) is -4.54. The van der Waals surface area contributed by atoms with Gasteiger partial charge in [-0.1, -0.05) is 0 Å². The van der Waals surface area contributed by atoms with E-state index in [1.54, 1.807) is 0 Å². The summed E-state index contributed by atoms with van der Waals surface area (Å²) < 4.78 is 25.1. The molecule has 0 aliphatic carbocycles. The van der Waals surface area contributed by atoms with E-state index in [4.69, 9.17) is 18.9 Å². The highest BCUT2D eigenvalue weighted by atomic mass is 16.7. The van der Waals surface area contributed by atoms with Crippen LogP contribution in [0.1, 0.15) is 0 Å². The minimum atomic E-state index is -1.05. The second-order valence-corrected chi connectivity index (χ2v) is 3.58. The van der Waals surface area contributed by atoms with Crippen LogP contribution >= 0.6 is 0 Å². The van der Waals surface area contributed by atoms with Crippen LogP contribution in [0, 0.1) is 0 Å². The van der Waals surface area contributed by atoms with Crippen molar-refractivity contribution in [3.8, 4) is 0 Å². The van der Waals surface area contributed by atoms with E-state index in [-0.39, 0.29) is 0 Å². The van der Waals surface area contributed by atoms with Crippen molar-refractivity contribution < 1.29 is 33.6 Å². The molecule has 1 aliphatic rings. The SMILES string of the molecule is COC(=O)C1OC(OC)C(OC)C(O)C1OC. The Labute approximate surface area is 99.5 Å². The molecule has 0 aromatic rings. The maximum atomic E-state index is 11.5. The maximum Gasteiger partial charge on any atom is 0.337 e. The highest BCUT2D eigenvalue weighted by molar-refractivity contribution is 5.75. The standard InChI is InChI=1S/C10H18O7/c1-13-6-5(11)7(14-2)10(16-4)17-8(6)9(12)15-3/h5-8,10-11H,1-4H3. The van der Waals surface area contributed by atoms with Gasteiger partial charge < -0.3 is 28.8 Å². The van der Waals surface area contributed by atoms with Gasteiger partial charge in [0, 0.05) is 21.3 Å². The quantitative estimate of drug-likeness (QED) is 0.635. The number of carbonyl (C=O) groups excluding carboxylic acids is 1. The normalized spacial score (nSPS) is 37.8. The molecule has 1 saturated heterocycles. The van der Waals surface area contributed by atoms with Crippen molar-refractivity contribution in [2.24, 2.45) is 0 Å². The number of aliphatic hydroxyl groups excluding tert-OH is 1. The van der Waals surface area contributed by atoms with Crippen LogP contribution in [0.25, 0.3) is 0 Å². The molecule has 0 spiro atoms. The zero-order valence-electron chi connectivity index (χ0n) is 10.3. The Kier molecular flexibility index (Phi) is 5.29. The molecule has 0 saturated carbocycles. The van der Waals surface area contributed by atoms with Gasteiger partial charge in [0.1, 0.15) is 18.3 Å². The molecule has 7 heteroatoms. The fraction of sp³-hybridized carbons (Fsp3) is 0.900. The lowest BCUT2D eigenvalue weighted by Gasteiger charge is -2.41. The molecule has 100 valence electrons. The average Bonchev–Trinajstić information content (AvgIpc) is 2.36. The smallest absolute Gasteiger partial charge is 0.337 e. The molecular weight excluding hydrogens is 232 g/mol. The van der Waals surface area contributed by atoms with Crippen molar-refractivity contribution in [2.75, 3.05) is 28.4 Å². The van der Waals surface area contributed by atoms with Gasteiger partial charge in [-0.25, -0.2) is 4.79 Å². The molecule has 0 radical (unpaired) electrons. The van der Waals surface area contributed by atoms with Gasteiger partial charge in [0.05, 0.1) is 7.11 Å². The summed E-state index contributed by atoms with van der Waals surface area (Å²) in [5.41, 5.74) is 0. The minimum Gasteiger partial charge on any atom is -0.467 e. The summed E-state index contributed by atoms with van der Waals surface area (Å²) >= 11 is 0. The Bertz CT molecular complexity index is 257. The second-order valence-electron chi connectivity index (χ2n) is 3.58. The molecule has 0 aromatic carbocycles. The molecule has 0 bridgehead atoms. The van der Waals surface area contributed by atoms with Crippen molar-refractivity contribution in [2.45, 2.75) is 30.7 Å². The monoisotopic (exact) mass is 250 g/mol. The van der Waals surface area contributed by atoms with Gasteiger partial charge in [-0.05, 0) is 0 Å². The topological polar surface area (TPSA) is 83.5 Å². The second kappa shape index (κ2) is 6.27. The molecule has 0 amide bonds. The van der Waals surface area contributed by atoms with Crippen LogP contribution in [0.2, 0.25) is 0 Å². The van der Waals surface area contributed by atoms with E-state index in [0.717, 1.165) is 0 Å². The Morgan fingerprint density at radius 3 is 2.06 bits per heavy atom. The molecule has 5 unspecified atom stereocenters. The lowest BCUT2D eigenvalue weighted by molar-refractivity contribution is -0.296. The minimum absolute atomic E-state index is 0.632. The number of methoxy groups -OCH3 is 4. The third kappa shape index (κ3) is 2.75. The molecule has 7 nitrogen and oxygen atoms in total. The van der Waals surface area contributed by atoms with Gasteiger partial charge in [-0.3, -0.25) is 0 Å². The first-order chi connectivity index (χ1) is 8.10. The number of aliphatic hydroxyl groups is 1. The Morgan fingerprint density at radius 1 is 1.06 bits per heavy atom. The van der Waals surface area contributed by atoms with E-state index in [1.165, 1.54) is 28.4 Å². The molecule has 1 fully saturated rings. The van der Waals surface area contributed by atoms with Crippen molar-refractivity contribution in [1.82, 2.24) is 0 Å². The highest BCUT2D eigenvalue weighted by Gasteiger charge is 2.49. The average molecular weight is 250 g/mol. The van der Waals surface area contributed by atoms with Crippen LogP contribution in [0.3, 0.4) is 0 Å². The van der Waals surface area contributed by atoms with E-state index in [2.05, 4.69) is 4.74 Å².